The topological polar surface area (TPSA) is 59.3 Å². The highest BCUT2D eigenvalue weighted by molar-refractivity contribution is 7.14. The van der Waals surface area contributed by atoms with E-state index in [2.05, 4.69) is 15.4 Å². The lowest BCUT2D eigenvalue weighted by atomic mass is 10.2. The summed E-state index contributed by atoms with van der Waals surface area (Å²) >= 11 is 7.46. The van der Waals surface area contributed by atoms with Crippen molar-refractivity contribution in [2.75, 3.05) is 0 Å². The summed E-state index contributed by atoms with van der Waals surface area (Å²) in [5, 5.41) is 7.60. The average Bonchev–Trinajstić information content (AvgIpc) is 2.97. The fourth-order valence-corrected chi connectivity index (χ4v) is 2.82. The van der Waals surface area contributed by atoms with E-state index in [0.717, 1.165) is 5.56 Å². The molecule has 5 nitrogen and oxygen atoms in total. The number of halogens is 1. The Labute approximate surface area is 124 Å². The van der Waals surface area contributed by atoms with Crippen LogP contribution in [0.3, 0.4) is 0 Å². The van der Waals surface area contributed by atoms with Crippen LogP contribution in [0.1, 0.15) is 21.7 Å². The third-order valence-electron chi connectivity index (χ3n) is 2.93. The number of rotatable bonds is 3. The minimum atomic E-state index is -0.208. The van der Waals surface area contributed by atoms with Crippen molar-refractivity contribution in [3.63, 3.8) is 0 Å². The zero-order valence-corrected chi connectivity index (χ0v) is 12.2. The van der Waals surface area contributed by atoms with Crippen LogP contribution in [0.5, 0.6) is 0 Å². The van der Waals surface area contributed by atoms with Crippen LogP contribution in [-0.4, -0.2) is 20.5 Å². The molecule has 2 heterocycles. The molecule has 1 N–H and O–H groups in total. The largest absolute Gasteiger partial charge is 0.347 e. The molecule has 0 bridgehead atoms. The molecule has 0 unspecified atom stereocenters. The van der Waals surface area contributed by atoms with Gasteiger partial charge in [0.2, 0.25) is 4.96 Å². The molecule has 3 rings (SSSR count). The molecule has 7 heteroatoms. The van der Waals surface area contributed by atoms with Crippen LogP contribution >= 0.6 is 22.9 Å². The molecule has 102 valence electrons. The number of hydrogen-bond acceptors (Lipinski definition) is 4. The van der Waals surface area contributed by atoms with E-state index in [9.17, 15) is 4.79 Å². The Morgan fingerprint density at radius 3 is 3.05 bits per heavy atom. The third kappa shape index (κ3) is 2.28. The van der Waals surface area contributed by atoms with Gasteiger partial charge in [-0.3, -0.25) is 4.79 Å². The lowest BCUT2D eigenvalue weighted by molar-refractivity contribution is 0.0943. The molecule has 0 aliphatic heterocycles. The predicted molar refractivity (Wildman–Crippen MR) is 78.2 cm³/mol. The van der Waals surface area contributed by atoms with Gasteiger partial charge in [-0.2, -0.15) is 9.61 Å². The minimum Gasteiger partial charge on any atom is -0.347 e. The van der Waals surface area contributed by atoms with Gasteiger partial charge in [-0.05, 0) is 18.6 Å². The summed E-state index contributed by atoms with van der Waals surface area (Å²) in [6, 6.07) is 7.42. The van der Waals surface area contributed by atoms with Crippen molar-refractivity contribution in [3.8, 4) is 0 Å². The number of nitrogens with zero attached hydrogens (tertiary/aromatic N) is 3. The zero-order chi connectivity index (χ0) is 14.1. The quantitative estimate of drug-likeness (QED) is 0.809. The zero-order valence-electron chi connectivity index (χ0n) is 10.6. The SMILES string of the molecule is Cc1nc2scnn2c1C(=O)NCc1ccccc1Cl. The summed E-state index contributed by atoms with van der Waals surface area (Å²) < 4.78 is 1.56. The van der Waals surface area contributed by atoms with Gasteiger partial charge in [-0.15, -0.1) is 0 Å². The van der Waals surface area contributed by atoms with E-state index in [1.54, 1.807) is 23.0 Å². The van der Waals surface area contributed by atoms with Gasteiger partial charge in [0.15, 0.2) is 5.69 Å². The Balaban J connectivity index is 1.82. The van der Waals surface area contributed by atoms with Crippen LogP contribution in [0.2, 0.25) is 5.02 Å². The van der Waals surface area contributed by atoms with E-state index < -0.39 is 0 Å². The Morgan fingerprint density at radius 2 is 2.25 bits per heavy atom. The average molecular weight is 307 g/mol. The molecule has 2 aromatic heterocycles. The summed E-state index contributed by atoms with van der Waals surface area (Å²) in [5.41, 5.74) is 3.67. The van der Waals surface area contributed by atoms with Crippen molar-refractivity contribution in [1.82, 2.24) is 19.9 Å². The fraction of sp³-hybridized carbons (Fsp3) is 0.154. The molecule has 1 aromatic carbocycles. The van der Waals surface area contributed by atoms with Crippen molar-refractivity contribution in [3.05, 3.63) is 51.7 Å². The third-order valence-corrected chi connectivity index (χ3v) is 3.98. The Morgan fingerprint density at radius 1 is 1.45 bits per heavy atom. The molecular formula is C13H11ClN4OS. The molecule has 0 saturated heterocycles. The van der Waals surface area contributed by atoms with Crippen LogP contribution in [0.4, 0.5) is 0 Å². The molecule has 0 fully saturated rings. The van der Waals surface area contributed by atoms with E-state index in [-0.39, 0.29) is 5.91 Å². The van der Waals surface area contributed by atoms with Gasteiger partial charge in [0.1, 0.15) is 5.51 Å². The number of hydrogen-bond donors (Lipinski definition) is 1. The number of carbonyl (C=O) groups is 1. The molecule has 3 aromatic rings. The standard InChI is InChI=1S/C13H11ClN4OS/c1-8-11(18-13(17-8)20-7-16-18)12(19)15-6-9-4-2-3-5-10(9)14/h2-5,7H,6H2,1H3,(H,15,19). The maximum absolute atomic E-state index is 12.3. The molecule has 0 saturated carbocycles. The van der Waals surface area contributed by atoms with E-state index in [1.165, 1.54) is 11.3 Å². The van der Waals surface area contributed by atoms with Gasteiger partial charge in [0.05, 0.1) is 5.69 Å². The van der Waals surface area contributed by atoms with Crippen molar-refractivity contribution in [2.45, 2.75) is 13.5 Å². The van der Waals surface area contributed by atoms with Gasteiger partial charge < -0.3 is 5.32 Å². The second-order valence-electron chi connectivity index (χ2n) is 4.25. The number of benzene rings is 1. The van der Waals surface area contributed by atoms with E-state index in [4.69, 9.17) is 11.6 Å². The van der Waals surface area contributed by atoms with E-state index in [1.807, 2.05) is 18.2 Å². The number of fused-ring (bicyclic) bond motifs is 1. The Bertz CT molecular complexity index is 780. The van der Waals surface area contributed by atoms with E-state index in [0.29, 0.717) is 27.9 Å². The lowest BCUT2D eigenvalue weighted by Gasteiger charge is -2.06. The number of carbonyl (C=O) groups excluding carboxylic acids is 1. The van der Waals surface area contributed by atoms with Crippen LogP contribution in [-0.2, 0) is 6.54 Å². The number of aromatic nitrogens is 3. The second-order valence-corrected chi connectivity index (χ2v) is 5.47. The molecule has 0 spiro atoms. The Kier molecular flexibility index (Phi) is 3.42. The second kappa shape index (κ2) is 5.22. The normalized spacial score (nSPS) is 10.9. The molecule has 1 amide bonds. The summed E-state index contributed by atoms with van der Waals surface area (Å²) in [5.74, 6) is -0.208. The van der Waals surface area contributed by atoms with Crippen molar-refractivity contribution in [2.24, 2.45) is 0 Å². The first-order valence-electron chi connectivity index (χ1n) is 5.97. The Hall–Kier alpha value is -1.92. The van der Waals surface area contributed by atoms with Gasteiger partial charge in [-0.25, -0.2) is 4.98 Å². The smallest absolute Gasteiger partial charge is 0.272 e. The van der Waals surface area contributed by atoms with Gasteiger partial charge >= 0.3 is 0 Å². The lowest BCUT2D eigenvalue weighted by Crippen LogP contribution is -2.25. The number of imidazole rings is 1. The predicted octanol–water partition coefficient (Wildman–Crippen LogP) is 2.68. The minimum absolute atomic E-state index is 0.208. The van der Waals surface area contributed by atoms with Gasteiger partial charge in [-0.1, -0.05) is 41.1 Å². The molecule has 20 heavy (non-hydrogen) atoms. The molecule has 0 aliphatic rings. The summed E-state index contributed by atoms with van der Waals surface area (Å²) in [7, 11) is 0. The van der Waals surface area contributed by atoms with Crippen molar-refractivity contribution in [1.29, 1.82) is 0 Å². The number of nitrogens with one attached hydrogen (secondary N) is 1. The van der Waals surface area contributed by atoms with E-state index >= 15 is 0 Å². The maximum Gasteiger partial charge on any atom is 0.272 e. The van der Waals surface area contributed by atoms with Crippen LogP contribution in [0, 0.1) is 6.92 Å². The van der Waals surface area contributed by atoms with Crippen LogP contribution in [0.25, 0.3) is 4.96 Å². The first-order valence-corrected chi connectivity index (χ1v) is 7.23. The molecule has 0 radical (unpaired) electrons. The first kappa shape index (κ1) is 13.1. The molecule has 0 aliphatic carbocycles. The van der Waals surface area contributed by atoms with Gasteiger partial charge in [0, 0.05) is 11.6 Å². The molecular weight excluding hydrogens is 296 g/mol. The highest BCUT2D eigenvalue weighted by atomic mass is 35.5. The van der Waals surface area contributed by atoms with Crippen LogP contribution < -0.4 is 5.32 Å². The first-order chi connectivity index (χ1) is 9.66. The summed E-state index contributed by atoms with van der Waals surface area (Å²) in [6.07, 6.45) is 0. The van der Waals surface area contributed by atoms with Crippen molar-refractivity contribution < 1.29 is 4.79 Å². The monoisotopic (exact) mass is 306 g/mol. The molecule has 0 atom stereocenters. The summed E-state index contributed by atoms with van der Waals surface area (Å²) in [6.45, 7) is 2.17. The highest BCUT2D eigenvalue weighted by Gasteiger charge is 2.18. The van der Waals surface area contributed by atoms with Gasteiger partial charge in [0.25, 0.3) is 5.91 Å². The highest BCUT2D eigenvalue weighted by Crippen LogP contribution is 2.16. The number of amides is 1. The number of aryl methyl sites for hydroxylation is 1. The van der Waals surface area contributed by atoms with Crippen molar-refractivity contribution >= 4 is 33.8 Å². The van der Waals surface area contributed by atoms with Crippen LogP contribution in [0.15, 0.2) is 29.8 Å². The maximum atomic E-state index is 12.3. The summed E-state index contributed by atoms with van der Waals surface area (Å²) in [4.78, 5) is 17.3. The fourth-order valence-electron chi connectivity index (χ4n) is 1.96.